The standard InChI is InChI=1S/C11H15N7S/c1-8-7-19-6-5-17(8)10-14-9(12)15-11(16-10)18-4-2-3-13-18/h2-4,8H,5-7H2,1H3,(H2,12,14,15,16). The van der Waals surface area contributed by atoms with Crippen LogP contribution in [0.1, 0.15) is 6.92 Å². The third-order valence-electron chi connectivity index (χ3n) is 2.96. The molecule has 1 saturated heterocycles. The molecule has 2 aromatic rings. The molecule has 1 atom stereocenters. The molecule has 0 bridgehead atoms. The van der Waals surface area contributed by atoms with E-state index in [9.17, 15) is 0 Å². The fourth-order valence-corrected chi connectivity index (χ4v) is 3.03. The lowest BCUT2D eigenvalue weighted by Gasteiger charge is -2.33. The summed E-state index contributed by atoms with van der Waals surface area (Å²) in [6, 6.07) is 2.21. The molecule has 7 nitrogen and oxygen atoms in total. The minimum absolute atomic E-state index is 0.223. The van der Waals surface area contributed by atoms with Crippen LogP contribution in [-0.2, 0) is 0 Å². The van der Waals surface area contributed by atoms with E-state index in [2.05, 4.69) is 31.9 Å². The van der Waals surface area contributed by atoms with Crippen LogP contribution in [0.4, 0.5) is 11.9 Å². The van der Waals surface area contributed by atoms with Gasteiger partial charge in [-0.2, -0.15) is 31.8 Å². The highest BCUT2D eigenvalue weighted by Crippen LogP contribution is 2.21. The molecule has 19 heavy (non-hydrogen) atoms. The fourth-order valence-electron chi connectivity index (χ4n) is 2.01. The highest BCUT2D eigenvalue weighted by atomic mass is 32.2. The first kappa shape index (κ1) is 12.2. The van der Waals surface area contributed by atoms with Gasteiger partial charge in [-0.1, -0.05) is 0 Å². The normalized spacial score (nSPS) is 19.6. The van der Waals surface area contributed by atoms with Gasteiger partial charge in [0.25, 0.3) is 5.95 Å². The Balaban J connectivity index is 1.97. The van der Waals surface area contributed by atoms with Crippen LogP contribution >= 0.6 is 11.8 Å². The van der Waals surface area contributed by atoms with E-state index >= 15 is 0 Å². The van der Waals surface area contributed by atoms with Crippen LogP contribution in [0.5, 0.6) is 0 Å². The van der Waals surface area contributed by atoms with Crippen molar-refractivity contribution in [2.24, 2.45) is 0 Å². The summed E-state index contributed by atoms with van der Waals surface area (Å²) in [6.07, 6.45) is 3.47. The van der Waals surface area contributed by atoms with Gasteiger partial charge in [0.05, 0.1) is 0 Å². The van der Waals surface area contributed by atoms with Crippen molar-refractivity contribution in [2.45, 2.75) is 13.0 Å². The van der Waals surface area contributed by atoms with Gasteiger partial charge >= 0.3 is 0 Å². The molecule has 2 N–H and O–H groups in total. The van der Waals surface area contributed by atoms with E-state index in [0.29, 0.717) is 17.9 Å². The number of nitrogens with two attached hydrogens (primary N) is 1. The first-order valence-corrected chi connectivity index (χ1v) is 7.25. The molecule has 0 amide bonds. The van der Waals surface area contributed by atoms with E-state index in [4.69, 9.17) is 5.73 Å². The molecular weight excluding hydrogens is 262 g/mol. The predicted molar refractivity (Wildman–Crippen MR) is 75.5 cm³/mol. The topological polar surface area (TPSA) is 85.8 Å². The van der Waals surface area contributed by atoms with Crippen molar-refractivity contribution in [3.8, 4) is 5.95 Å². The lowest BCUT2D eigenvalue weighted by molar-refractivity contribution is 0.669. The van der Waals surface area contributed by atoms with Gasteiger partial charge in [0.15, 0.2) is 0 Å². The SMILES string of the molecule is CC1CSCCN1c1nc(N)nc(-n2cccn2)n1. The lowest BCUT2D eigenvalue weighted by Crippen LogP contribution is -2.41. The van der Waals surface area contributed by atoms with Crippen LogP contribution in [0.15, 0.2) is 18.5 Å². The molecule has 0 spiro atoms. The van der Waals surface area contributed by atoms with Crippen LogP contribution in [0.2, 0.25) is 0 Å². The van der Waals surface area contributed by atoms with Gasteiger partial charge in [0, 0.05) is 36.5 Å². The van der Waals surface area contributed by atoms with Crippen molar-refractivity contribution < 1.29 is 0 Å². The molecule has 1 fully saturated rings. The van der Waals surface area contributed by atoms with Crippen molar-refractivity contribution in [3.63, 3.8) is 0 Å². The van der Waals surface area contributed by atoms with E-state index < -0.39 is 0 Å². The Morgan fingerprint density at radius 3 is 2.89 bits per heavy atom. The molecule has 0 saturated carbocycles. The van der Waals surface area contributed by atoms with Crippen molar-refractivity contribution in [3.05, 3.63) is 18.5 Å². The van der Waals surface area contributed by atoms with Gasteiger partial charge in [-0.15, -0.1) is 0 Å². The van der Waals surface area contributed by atoms with Gasteiger partial charge in [0.2, 0.25) is 11.9 Å². The molecule has 1 unspecified atom stereocenters. The van der Waals surface area contributed by atoms with Crippen molar-refractivity contribution in [1.29, 1.82) is 0 Å². The zero-order valence-corrected chi connectivity index (χ0v) is 11.4. The third kappa shape index (κ3) is 2.48. The Labute approximate surface area is 115 Å². The zero-order chi connectivity index (χ0) is 13.2. The minimum atomic E-state index is 0.223. The molecular formula is C11H15N7S. The number of thioether (sulfide) groups is 1. The summed E-state index contributed by atoms with van der Waals surface area (Å²) < 4.78 is 1.59. The van der Waals surface area contributed by atoms with E-state index in [-0.39, 0.29) is 5.95 Å². The molecule has 1 aliphatic rings. The second-order valence-electron chi connectivity index (χ2n) is 4.36. The summed E-state index contributed by atoms with van der Waals surface area (Å²) in [7, 11) is 0. The average Bonchev–Trinajstić information content (AvgIpc) is 2.92. The number of hydrogen-bond acceptors (Lipinski definition) is 7. The first-order valence-electron chi connectivity index (χ1n) is 6.10. The molecule has 1 aliphatic heterocycles. The molecule has 2 aromatic heterocycles. The number of anilines is 2. The Kier molecular flexibility index (Phi) is 3.24. The van der Waals surface area contributed by atoms with E-state index in [1.54, 1.807) is 17.1 Å². The number of aromatic nitrogens is 5. The Morgan fingerprint density at radius 2 is 2.16 bits per heavy atom. The maximum absolute atomic E-state index is 5.78. The molecule has 3 heterocycles. The maximum atomic E-state index is 5.78. The van der Waals surface area contributed by atoms with Crippen LogP contribution in [0.3, 0.4) is 0 Å². The second kappa shape index (κ2) is 5.04. The van der Waals surface area contributed by atoms with E-state index in [0.717, 1.165) is 18.1 Å². The van der Waals surface area contributed by atoms with Gasteiger partial charge < -0.3 is 10.6 Å². The first-order chi connectivity index (χ1) is 9.24. The quantitative estimate of drug-likeness (QED) is 0.859. The van der Waals surface area contributed by atoms with Crippen LogP contribution in [-0.4, -0.2) is 48.8 Å². The molecule has 100 valence electrons. The highest BCUT2D eigenvalue weighted by Gasteiger charge is 2.22. The molecule has 0 radical (unpaired) electrons. The Bertz CT molecular complexity index is 556. The fraction of sp³-hybridized carbons (Fsp3) is 0.455. The van der Waals surface area contributed by atoms with Crippen LogP contribution in [0.25, 0.3) is 5.95 Å². The molecule has 3 rings (SSSR count). The average molecular weight is 277 g/mol. The van der Waals surface area contributed by atoms with Crippen LogP contribution < -0.4 is 10.6 Å². The Morgan fingerprint density at radius 1 is 1.32 bits per heavy atom. The summed E-state index contributed by atoms with van der Waals surface area (Å²) >= 11 is 1.95. The maximum Gasteiger partial charge on any atom is 0.257 e. The van der Waals surface area contributed by atoms with Gasteiger partial charge in [0.1, 0.15) is 0 Å². The van der Waals surface area contributed by atoms with Gasteiger partial charge in [-0.25, -0.2) is 4.68 Å². The predicted octanol–water partition coefficient (Wildman–Crippen LogP) is 0.581. The number of nitrogen functional groups attached to an aromatic ring is 1. The zero-order valence-electron chi connectivity index (χ0n) is 10.6. The largest absolute Gasteiger partial charge is 0.368 e. The Hall–Kier alpha value is -1.83. The van der Waals surface area contributed by atoms with Gasteiger partial charge in [-0.05, 0) is 13.0 Å². The number of hydrogen-bond donors (Lipinski definition) is 1. The van der Waals surface area contributed by atoms with Crippen molar-refractivity contribution in [1.82, 2.24) is 24.7 Å². The molecule has 0 aromatic carbocycles. The monoisotopic (exact) mass is 277 g/mol. The highest BCUT2D eigenvalue weighted by molar-refractivity contribution is 7.99. The van der Waals surface area contributed by atoms with E-state index in [1.807, 2.05) is 17.8 Å². The van der Waals surface area contributed by atoms with Gasteiger partial charge in [-0.3, -0.25) is 0 Å². The minimum Gasteiger partial charge on any atom is -0.368 e. The van der Waals surface area contributed by atoms with Crippen molar-refractivity contribution >= 4 is 23.7 Å². The number of rotatable bonds is 2. The van der Waals surface area contributed by atoms with Crippen molar-refractivity contribution in [2.75, 3.05) is 28.7 Å². The molecule has 0 aliphatic carbocycles. The molecule has 8 heteroatoms. The van der Waals surface area contributed by atoms with E-state index in [1.165, 1.54) is 0 Å². The second-order valence-corrected chi connectivity index (χ2v) is 5.51. The van der Waals surface area contributed by atoms with Crippen LogP contribution in [0, 0.1) is 0 Å². The third-order valence-corrected chi connectivity index (χ3v) is 4.15. The lowest BCUT2D eigenvalue weighted by atomic mass is 10.3. The summed E-state index contributed by atoms with van der Waals surface area (Å²) in [4.78, 5) is 15.0. The summed E-state index contributed by atoms with van der Waals surface area (Å²) in [6.45, 7) is 3.09. The summed E-state index contributed by atoms with van der Waals surface area (Å²) in [5, 5.41) is 4.12. The smallest absolute Gasteiger partial charge is 0.257 e. The summed E-state index contributed by atoms with van der Waals surface area (Å²) in [5.74, 6) is 3.46. The summed E-state index contributed by atoms with van der Waals surface area (Å²) in [5.41, 5.74) is 5.78. The number of nitrogens with zero attached hydrogens (tertiary/aromatic N) is 6.